The lowest BCUT2D eigenvalue weighted by atomic mass is 10.1. The average Bonchev–Trinajstić information content (AvgIpc) is 3.03. The summed E-state index contributed by atoms with van der Waals surface area (Å²) in [6.45, 7) is 0. The molecular weight excluding hydrogens is 371 g/mol. The van der Waals surface area contributed by atoms with Gasteiger partial charge in [0.1, 0.15) is 17.5 Å². The van der Waals surface area contributed by atoms with Crippen molar-refractivity contribution in [2.24, 2.45) is 0 Å². The van der Waals surface area contributed by atoms with Gasteiger partial charge in [0.15, 0.2) is 0 Å². The number of nitrogens with zero attached hydrogens (tertiary/aromatic N) is 2. The molecule has 5 nitrogen and oxygen atoms in total. The van der Waals surface area contributed by atoms with Gasteiger partial charge in [0.2, 0.25) is 5.78 Å². The molecule has 0 spiro atoms. The number of carbonyl (C=O) groups excluding carboxylic acids is 1. The van der Waals surface area contributed by atoms with E-state index in [-0.39, 0.29) is 28.2 Å². The zero-order valence-electron chi connectivity index (χ0n) is 14.6. The van der Waals surface area contributed by atoms with Crippen molar-refractivity contribution in [1.29, 1.82) is 5.26 Å². The van der Waals surface area contributed by atoms with E-state index in [1.54, 1.807) is 12.1 Å². The zero-order valence-corrected chi connectivity index (χ0v) is 14.6. The second-order valence-corrected chi connectivity index (χ2v) is 5.89. The number of methoxy groups -OCH3 is 1. The van der Waals surface area contributed by atoms with Crippen LogP contribution in [0.3, 0.4) is 0 Å². The molecule has 0 fully saturated rings. The summed E-state index contributed by atoms with van der Waals surface area (Å²) in [5.74, 6) is 0.00885. The van der Waals surface area contributed by atoms with Crippen LogP contribution in [0, 0.1) is 11.3 Å². The number of anilines is 1. The number of ether oxygens (including phenoxy) is 1. The van der Waals surface area contributed by atoms with Gasteiger partial charge in [-0.3, -0.25) is 4.79 Å². The van der Waals surface area contributed by atoms with Crippen molar-refractivity contribution in [2.75, 3.05) is 12.8 Å². The third kappa shape index (κ3) is 3.42. The van der Waals surface area contributed by atoms with E-state index < -0.39 is 17.5 Å². The number of benzene rings is 2. The largest absolute Gasteiger partial charge is 0.497 e. The molecule has 3 rings (SSSR count). The average molecular weight is 385 g/mol. The third-order valence-corrected chi connectivity index (χ3v) is 4.18. The molecule has 2 N–H and O–H groups in total. The van der Waals surface area contributed by atoms with Crippen LogP contribution in [0.4, 0.5) is 18.9 Å². The van der Waals surface area contributed by atoms with Gasteiger partial charge in [0.05, 0.1) is 23.9 Å². The highest BCUT2D eigenvalue weighted by Gasteiger charge is 2.31. The molecule has 0 bridgehead atoms. The van der Waals surface area contributed by atoms with E-state index in [0.29, 0.717) is 5.75 Å². The first-order chi connectivity index (χ1) is 13.3. The fourth-order valence-electron chi connectivity index (χ4n) is 2.76. The topological polar surface area (TPSA) is 81.0 Å². The lowest BCUT2D eigenvalue weighted by Crippen LogP contribution is -2.12. The highest BCUT2D eigenvalue weighted by atomic mass is 19.4. The van der Waals surface area contributed by atoms with Gasteiger partial charge in [-0.25, -0.2) is 0 Å². The van der Waals surface area contributed by atoms with Crippen molar-refractivity contribution in [3.05, 3.63) is 77.1 Å². The molecule has 0 aliphatic heterocycles. The number of halogens is 3. The van der Waals surface area contributed by atoms with E-state index >= 15 is 0 Å². The first-order valence-electron chi connectivity index (χ1n) is 8.03. The van der Waals surface area contributed by atoms with Crippen LogP contribution in [0.2, 0.25) is 0 Å². The smallest absolute Gasteiger partial charge is 0.416 e. The van der Waals surface area contributed by atoms with Crippen LogP contribution >= 0.6 is 0 Å². The van der Waals surface area contributed by atoms with Crippen LogP contribution < -0.4 is 10.5 Å². The summed E-state index contributed by atoms with van der Waals surface area (Å²) in [5.41, 5.74) is 5.22. The molecule has 3 aromatic rings. The maximum atomic E-state index is 13.1. The Morgan fingerprint density at radius 2 is 1.86 bits per heavy atom. The molecule has 8 heteroatoms. The number of carbonyl (C=O) groups is 1. The minimum absolute atomic E-state index is 0.00530. The summed E-state index contributed by atoms with van der Waals surface area (Å²) in [4.78, 5) is 13.0. The summed E-state index contributed by atoms with van der Waals surface area (Å²) in [6.07, 6.45) is -3.30. The Hall–Kier alpha value is -3.73. The molecule has 0 aliphatic rings. The maximum Gasteiger partial charge on any atom is 0.416 e. The lowest BCUT2D eigenvalue weighted by molar-refractivity contribution is -0.137. The Morgan fingerprint density at radius 3 is 2.43 bits per heavy atom. The van der Waals surface area contributed by atoms with Crippen molar-refractivity contribution in [1.82, 2.24) is 4.57 Å². The summed E-state index contributed by atoms with van der Waals surface area (Å²) >= 11 is 0. The zero-order chi connectivity index (χ0) is 20.5. The lowest BCUT2D eigenvalue weighted by Gasteiger charge is -2.12. The van der Waals surface area contributed by atoms with E-state index in [1.165, 1.54) is 42.1 Å². The van der Waals surface area contributed by atoms with Crippen molar-refractivity contribution in [3.8, 4) is 17.5 Å². The molecule has 0 atom stereocenters. The maximum absolute atomic E-state index is 13.1. The summed E-state index contributed by atoms with van der Waals surface area (Å²) in [7, 11) is 1.48. The Kier molecular flexibility index (Phi) is 4.84. The number of nitrogen functional groups attached to an aromatic ring is 1. The number of alkyl halides is 3. The highest BCUT2D eigenvalue weighted by molar-refractivity contribution is 6.12. The molecule has 1 heterocycles. The molecule has 0 saturated heterocycles. The quantitative estimate of drug-likeness (QED) is 0.683. The predicted molar refractivity (Wildman–Crippen MR) is 96.3 cm³/mol. The van der Waals surface area contributed by atoms with Crippen molar-refractivity contribution in [3.63, 3.8) is 0 Å². The SMILES string of the molecule is COc1ccc(C(=O)c2c(N)c(C#N)cn2-c2cccc(C(F)(F)F)c2)cc1. The Labute approximate surface area is 158 Å². The van der Waals surface area contributed by atoms with Crippen LogP contribution in [0.1, 0.15) is 27.2 Å². The summed E-state index contributed by atoms with van der Waals surface area (Å²) in [5, 5.41) is 9.26. The van der Waals surface area contributed by atoms with E-state index in [4.69, 9.17) is 10.5 Å². The number of aromatic nitrogens is 1. The molecule has 0 saturated carbocycles. The summed E-state index contributed by atoms with van der Waals surface area (Å²) < 4.78 is 45.4. The third-order valence-electron chi connectivity index (χ3n) is 4.18. The molecule has 0 amide bonds. The highest BCUT2D eigenvalue weighted by Crippen LogP contribution is 2.32. The Bertz CT molecular complexity index is 1080. The first-order valence-corrected chi connectivity index (χ1v) is 8.03. The van der Waals surface area contributed by atoms with E-state index in [0.717, 1.165) is 12.1 Å². The van der Waals surface area contributed by atoms with Crippen molar-refractivity contribution < 1.29 is 22.7 Å². The van der Waals surface area contributed by atoms with Gasteiger partial charge in [-0.2, -0.15) is 18.4 Å². The van der Waals surface area contributed by atoms with E-state index in [9.17, 15) is 23.2 Å². The monoisotopic (exact) mass is 385 g/mol. The van der Waals surface area contributed by atoms with E-state index in [1.807, 2.05) is 6.07 Å². The Balaban J connectivity index is 2.16. The van der Waals surface area contributed by atoms with E-state index in [2.05, 4.69) is 0 Å². The molecule has 0 unspecified atom stereocenters. The second kappa shape index (κ2) is 7.12. The molecule has 28 heavy (non-hydrogen) atoms. The van der Waals surface area contributed by atoms with Gasteiger partial charge < -0.3 is 15.0 Å². The molecule has 2 aromatic carbocycles. The van der Waals surface area contributed by atoms with Crippen molar-refractivity contribution in [2.45, 2.75) is 6.18 Å². The minimum Gasteiger partial charge on any atom is -0.497 e. The van der Waals surface area contributed by atoms with Gasteiger partial charge in [-0.05, 0) is 42.5 Å². The number of hydrogen-bond acceptors (Lipinski definition) is 4. The molecule has 0 aliphatic carbocycles. The molecule has 0 radical (unpaired) electrons. The number of rotatable bonds is 4. The Morgan fingerprint density at radius 1 is 1.18 bits per heavy atom. The van der Waals surface area contributed by atoms with Crippen LogP contribution in [0.25, 0.3) is 5.69 Å². The van der Waals surface area contributed by atoms with Crippen LogP contribution in [0.15, 0.2) is 54.7 Å². The van der Waals surface area contributed by atoms with Gasteiger partial charge >= 0.3 is 6.18 Å². The van der Waals surface area contributed by atoms with Gasteiger partial charge in [0.25, 0.3) is 0 Å². The first kappa shape index (κ1) is 19.0. The normalized spacial score (nSPS) is 11.1. The molecular formula is C20H14F3N3O2. The fraction of sp³-hybridized carbons (Fsp3) is 0.100. The fourth-order valence-corrected chi connectivity index (χ4v) is 2.76. The summed E-state index contributed by atoms with van der Waals surface area (Å²) in [6, 6.07) is 12.5. The van der Waals surface area contributed by atoms with Gasteiger partial charge in [-0.1, -0.05) is 6.07 Å². The number of hydrogen-bond donors (Lipinski definition) is 1. The standard InChI is InChI=1S/C20H14F3N3O2/c1-28-16-7-5-12(6-8-16)19(27)18-17(25)13(10-24)11-26(18)15-4-2-3-14(9-15)20(21,22)23/h2-9,11H,25H2,1H3. The molecule has 142 valence electrons. The van der Waals surface area contributed by atoms with Gasteiger partial charge in [-0.15, -0.1) is 0 Å². The van der Waals surface area contributed by atoms with Crippen LogP contribution in [0.5, 0.6) is 5.75 Å². The minimum atomic E-state index is -4.55. The number of nitriles is 1. The number of ketones is 1. The molecule has 1 aromatic heterocycles. The van der Waals surface area contributed by atoms with Gasteiger partial charge in [0, 0.05) is 17.4 Å². The predicted octanol–water partition coefficient (Wildman–Crippen LogP) is 4.19. The van der Waals surface area contributed by atoms with Crippen LogP contribution in [-0.4, -0.2) is 17.5 Å². The van der Waals surface area contributed by atoms with Crippen molar-refractivity contribution >= 4 is 11.5 Å². The number of nitrogens with two attached hydrogens (primary N) is 1. The van der Waals surface area contributed by atoms with Crippen LogP contribution in [-0.2, 0) is 6.18 Å². The second-order valence-electron chi connectivity index (χ2n) is 5.89.